The van der Waals surface area contributed by atoms with Crippen LogP contribution in [-0.2, 0) is 0 Å². The first-order valence-corrected chi connectivity index (χ1v) is 5.52. The fourth-order valence-corrected chi connectivity index (χ4v) is 2.00. The molecule has 2 heterocycles. The molecule has 0 aliphatic carbocycles. The molecule has 3 aromatic rings. The van der Waals surface area contributed by atoms with E-state index >= 15 is 0 Å². The summed E-state index contributed by atoms with van der Waals surface area (Å²) in [6, 6.07) is 10.2. The molecule has 0 saturated heterocycles. The van der Waals surface area contributed by atoms with Gasteiger partial charge in [-0.25, -0.2) is 4.98 Å². The molecule has 3 heteroatoms. The quantitative estimate of drug-likeness (QED) is 0.635. The molecule has 0 unspecified atom stereocenters. The van der Waals surface area contributed by atoms with Gasteiger partial charge in [0.15, 0.2) is 17.6 Å². The molecule has 0 spiro atoms. The second-order valence-corrected chi connectivity index (χ2v) is 4.19. The summed E-state index contributed by atoms with van der Waals surface area (Å²) in [5.41, 5.74) is 5.93. The van der Waals surface area contributed by atoms with E-state index in [1.54, 1.807) is 0 Å². The maximum Gasteiger partial charge on any atom is 0.199 e. The van der Waals surface area contributed by atoms with Gasteiger partial charge in [-0.3, -0.25) is 0 Å². The van der Waals surface area contributed by atoms with E-state index in [0.29, 0.717) is 5.65 Å². The second-order valence-electron chi connectivity index (χ2n) is 4.19. The first-order chi connectivity index (χ1) is 8.24. The van der Waals surface area contributed by atoms with Crippen LogP contribution in [-0.4, -0.2) is 9.97 Å². The van der Waals surface area contributed by atoms with E-state index in [2.05, 4.69) is 42.0 Å². The molecule has 1 aromatic carbocycles. The maximum absolute atomic E-state index is 5.18. The summed E-state index contributed by atoms with van der Waals surface area (Å²) in [5.74, 6) is 0. The van der Waals surface area contributed by atoms with Gasteiger partial charge in [-0.05, 0) is 31.5 Å². The highest BCUT2D eigenvalue weighted by atomic mass is 16.3. The van der Waals surface area contributed by atoms with Crippen molar-refractivity contribution in [1.82, 2.24) is 9.97 Å². The summed E-state index contributed by atoms with van der Waals surface area (Å²) >= 11 is 0. The van der Waals surface area contributed by atoms with E-state index in [4.69, 9.17) is 4.42 Å². The van der Waals surface area contributed by atoms with Crippen LogP contribution < -0.4 is 0 Å². The Morgan fingerprint density at radius 1 is 1.06 bits per heavy atom. The van der Waals surface area contributed by atoms with Crippen molar-refractivity contribution in [2.75, 3.05) is 0 Å². The first-order valence-electron chi connectivity index (χ1n) is 5.52. The van der Waals surface area contributed by atoms with Gasteiger partial charge in [0.05, 0.1) is 5.69 Å². The predicted octanol–water partition coefficient (Wildman–Crippen LogP) is 3.51. The monoisotopic (exact) mass is 224 g/mol. The van der Waals surface area contributed by atoms with Crippen LogP contribution in [0.4, 0.5) is 0 Å². The van der Waals surface area contributed by atoms with Crippen LogP contribution in [0.1, 0.15) is 11.1 Å². The van der Waals surface area contributed by atoms with Crippen molar-refractivity contribution in [3.8, 4) is 11.3 Å². The van der Waals surface area contributed by atoms with E-state index in [9.17, 15) is 0 Å². The zero-order chi connectivity index (χ0) is 11.8. The Morgan fingerprint density at radius 2 is 1.94 bits per heavy atom. The predicted molar refractivity (Wildman–Crippen MR) is 66.7 cm³/mol. The lowest BCUT2D eigenvalue weighted by Gasteiger charge is -2.05. The fourth-order valence-electron chi connectivity index (χ4n) is 2.00. The minimum atomic E-state index is 0.655. The van der Waals surface area contributed by atoms with Crippen molar-refractivity contribution < 1.29 is 4.42 Å². The van der Waals surface area contributed by atoms with Crippen LogP contribution in [0.2, 0.25) is 0 Å². The normalized spacial score (nSPS) is 10.9. The Bertz CT molecular complexity index is 686. The van der Waals surface area contributed by atoms with E-state index in [0.717, 1.165) is 16.8 Å². The van der Waals surface area contributed by atoms with Crippen molar-refractivity contribution in [1.29, 1.82) is 0 Å². The molecule has 0 fully saturated rings. The molecule has 0 aliphatic rings. The molecule has 2 aromatic heterocycles. The van der Waals surface area contributed by atoms with Crippen LogP contribution in [0, 0.1) is 13.8 Å². The molecule has 3 nitrogen and oxygen atoms in total. The maximum atomic E-state index is 5.18. The Labute approximate surface area is 99.1 Å². The lowest BCUT2D eigenvalue weighted by Crippen LogP contribution is -1.88. The third-order valence-corrected chi connectivity index (χ3v) is 2.85. The van der Waals surface area contributed by atoms with Crippen molar-refractivity contribution >= 4 is 11.2 Å². The number of fused-ring (bicyclic) bond motifs is 1. The molecule has 0 radical (unpaired) electrons. The molecule has 0 N–H and O–H groups in total. The number of aromatic nitrogens is 2. The van der Waals surface area contributed by atoms with E-state index in [1.807, 2.05) is 12.1 Å². The number of oxazole rings is 1. The van der Waals surface area contributed by atoms with Crippen molar-refractivity contribution in [2.24, 2.45) is 0 Å². The van der Waals surface area contributed by atoms with Gasteiger partial charge >= 0.3 is 0 Å². The Balaban J connectivity index is 2.19. The molecule has 0 bridgehead atoms. The minimum absolute atomic E-state index is 0.655. The topological polar surface area (TPSA) is 38.9 Å². The fraction of sp³-hybridized carbons (Fsp3) is 0.143. The van der Waals surface area contributed by atoms with Crippen LogP contribution in [0.25, 0.3) is 22.5 Å². The van der Waals surface area contributed by atoms with Crippen LogP contribution >= 0.6 is 0 Å². The summed E-state index contributed by atoms with van der Waals surface area (Å²) in [4.78, 5) is 8.57. The number of hydrogen-bond donors (Lipinski definition) is 0. The third kappa shape index (κ3) is 1.69. The van der Waals surface area contributed by atoms with E-state index < -0.39 is 0 Å². The number of hydrogen-bond acceptors (Lipinski definition) is 3. The standard InChI is InChI=1S/C14H12N2O/c1-9-3-4-11(10(2)7-9)12-5-6-13-14(16-12)15-8-17-13/h3-8H,1-2H3. The smallest absolute Gasteiger partial charge is 0.199 e. The highest BCUT2D eigenvalue weighted by Crippen LogP contribution is 2.24. The Kier molecular flexibility index (Phi) is 2.18. The third-order valence-electron chi connectivity index (χ3n) is 2.85. The van der Waals surface area contributed by atoms with Crippen LogP contribution in [0.5, 0.6) is 0 Å². The Morgan fingerprint density at radius 3 is 2.76 bits per heavy atom. The summed E-state index contributed by atoms with van der Waals surface area (Å²) in [6.07, 6.45) is 1.42. The molecular weight excluding hydrogens is 212 g/mol. The van der Waals surface area contributed by atoms with Gasteiger partial charge in [-0.15, -0.1) is 0 Å². The summed E-state index contributed by atoms with van der Waals surface area (Å²) in [7, 11) is 0. The average Bonchev–Trinajstić information content (AvgIpc) is 2.75. The van der Waals surface area contributed by atoms with Gasteiger partial charge in [0.2, 0.25) is 0 Å². The SMILES string of the molecule is Cc1ccc(-c2ccc3ocnc3n2)c(C)c1. The Hall–Kier alpha value is -2.16. The number of pyridine rings is 1. The van der Waals surface area contributed by atoms with Gasteiger partial charge in [-0.2, -0.15) is 4.98 Å². The van der Waals surface area contributed by atoms with Gasteiger partial charge in [0.25, 0.3) is 0 Å². The molecule has 0 saturated carbocycles. The summed E-state index contributed by atoms with van der Waals surface area (Å²) in [5, 5.41) is 0. The van der Waals surface area contributed by atoms with Gasteiger partial charge in [0, 0.05) is 5.56 Å². The second kappa shape index (κ2) is 3.70. The number of benzene rings is 1. The lowest BCUT2D eigenvalue weighted by molar-refractivity contribution is 0.602. The van der Waals surface area contributed by atoms with Gasteiger partial charge in [-0.1, -0.05) is 23.8 Å². The molecule has 0 atom stereocenters. The van der Waals surface area contributed by atoms with E-state index in [-0.39, 0.29) is 0 Å². The van der Waals surface area contributed by atoms with Crippen molar-refractivity contribution in [3.63, 3.8) is 0 Å². The van der Waals surface area contributed by atoms with E-state index in [1.165, 1.54) is 17.5 Å². The summed E-state index contributed by atoms with van der Waals surface area (Å²) in [6.45, 7) is 4.18. The van der Waals surface area contributed by atoms with Gasteiger partial charge < -0.3 is 4.42 Å². The molecule has 3 rings (SSSR count). The van der Waals surface area contributed by atoms with Crippen molar-refractivity contribution in [2.45, 2.75) is 13.8 Å². The molecule has 84 valence electrons. The highest BCUT2D eigenvalue weighted by molar-refractivity contribution is 5.74. The molecular formula is C14H12N2O. The molecule has 0 amide bonds. The highest BCUT2D eigenvalue weighted by Gasteiger charge is 2.06. The number of aryl methyl sites for hydroxylation is 2. The first kappa shape index (κ1) is 10.0. The lowest BCUT2D eigenvalue weighted by atomic mass is 10.0. The van der Waals surface area contributed by atoms with Gasteiger partial charge in [0.1, 0.15) is 0 Å². The van der Waals surface area contributed by atoms with Crippen molar-refractivity contribution in [3.05, 3.63) is 47.9 Å². The molecule has 17 heavy (non-hydrogen) atoms. The number of rotatable bonds is 1. The minimum Gasteiger partial charge on any atom is -0.442 e. The largest absolute Gasteiger partial charge is 0.442 e. The molecule has 0 aliphatic heterocycles. The average molecular weight is 224 g/mol. The number of nitrogens with zero attached hydrogens (tertiary/aromatic N) is 2. The van der Waals surface area contributed by atoms with Crippen LogP contribution in [0.3, 0.4) is 0 Å². The zero-order valence-corrected chi connectivity index (χ0v) is 9.77. The van der Waals surface area contributed by atoms with Crippen LogP contribution in [0.15, 0.2) is 41.1 Å². The summed E-state index contributed by atoms with van der Waals surface area (Å²) < 4.78 is 5.18. The zero-order valence-electron chi connectivity index (χ0n) is 9.77.